The number of piperidine rings is 1. The molecule has 4 rings (SSSR count). The predicted molar refractivity (Wildman–Crippen MR) is 131 cm³/mol. The van der Waals surface area contributed by atoms with E-state index in [9.17, 15) is 14.7 Å². The Hall–Kier alpha value is -3.26. The molecular weight excluding hydrogens is 448 g/mol. The fraction of sp³-hybridized carbons (Fsp3) is 0.481. The summed E-state index contributed by atoms with van der Waals surface area (Å²) in [7, 11) is 3.44. The Kier molecular flexibility index (Phi) is 7.80. The zero-order chi connectivity index (χ0) is 24.9. The molecule has 0 aromatic heterocycles. The van der Waals surface area contributed by atoms with Crippen molar-refractivity contribution in [3.8, 4) is 17.2 Å². The number of fused-ring (bicyclic) bond motifs is 1. The average Bonchev–Trinajstić information content (AvgIpc) is 3.34. The first-order valence-electron chi connectivity index (χ1n) is 12.1. The van der Waals surface area contributed by atoms with Crippen molar-refractivity contribution in [1.82, 2.24) is 9.80 Å². The number of aliphatic carboxylic acids is 1. The molecular formula is C27H34N2O6. The molecule has 8 nitrogen and oxygen atoms in total. The van der Waals surface area contributed by atoms with Crippen molar-refractivity contribution in [2.45, 2.75) is 31.6 Å². The van der Waals surface area contributed by atoms with Crippen molar-refractivity contribution < 1.29 is 28.9 Å². The molecule has 2 aromatic carbocycles. The van der Waals surface area contributed by atoms with Crippen LogP contribution in [0.2, 0.25) is 0 Å². The van der Waals surface area contributed by atoms with Crippen molar-refractivity contribution in [2.75, 3.05) is 47.1 Å². The molecule has 1 N–H and O–H groups in total. The van der Waals surface area contributed by atoms with E-state index < -0.39 is 11.9 Å². The number of nitrogens with zero attached hydrogens (tertiary/aromatic N) is 2. The molecule has 3 unspecified atom stereocenters. The van der Waals surface area contributed by atoms with E-state index >= 15 is 0 Å². The van der Waals surface area contributed by atoms with Gasteiger partial charge >= 0.3 is 5.97 Å². The zero-order valence-electron chi connectivity index (χ0n) is 20.6. The highest BCUT2D eigenvalue weighted by molar-refractivity contribution is 5.78. The van der Waals surface area contributed by atoms with Gasteiger partial charge in [-0.3, -0.25) is 14.5 Å². The Morgan fingerprint density at radius 1 is 1.06 bits per heavy atom. The Bertz CT molecular complexity index is 1040. The number of likely N-dealkylation sites (N-methyl/N-ethyl adjacent to an activating group) is 1. The first kappa shape index (κ1) is 24.9. The van der Waals surface area contributed by atoms with Gasteiger partial charge in [-0.25, -0.2) is 0 Å². The Morgan fingerprint density at radius 2 is 1.71 bits per heavy atom. The molecule has 8 heteroatoms. The highest BCUT2D eigenvalue weighted by Crippen LogP contribution is 2.44. The lowest BCUT2D eigenvalue weighted by Gasteiger charge is -2.42. The third-order valence-corrected chi connectivity index (χ3v) is 7.06. The monoisotopic (exact) mass is 482 g/mol. The molecule has 1 saturated heterocycles. The predicted octanol–water partition coefficient (Wildman–Crippen LogP) is 3.57. The molecule has 0 radical (unpaired) electrons. The molecule has 1 fully saturated rings. The number of unbranched alkanes of at least 4 members (excludes halogenated alkanes) is 1. The van der Waals surface area contributed by atoms with Gasteiger partial charge in [0, 0.05) is 38.5 Å². The summed E-state index contributed by atoms with van der Waals surface area (Å²) < 4.78 is 16.3. The lowest BCUT2D eigenvalue weighted by molar-refractivity contribution is -0.145. The van der Waals surface area contributed by atoms with Crippen LogP contribution in [0.4, 0.5) is 0 Å². The average molecular weight is 483 g/mol. The van der Waals surface area contributed by atoms with Crippen LogP contribution in [0.25, 0.3) is 0 Å². The number of carboxylic acid groups (broad SMARTS) is 1. The van der Waals surface area contributed by atoms with Gasteiger partial charge in [0.15, 0.2) is 11.5 Å². The molecule has 2 aliphatic rings. The summed E-state index contributed by atoms with van der Waals surface area (Å²) in [6, 6.07) is 13.2. The van der Waals surface area contributed by atoms with Gasteiger partial charge in [-0.05, 0) is 41.8 Å². The second kappa shape index (κ2) is 11.0. The number of likely N-dealkylation sites (tertiary alicyclic amines) is 1. The summed E-state index contributed by atoms with van der Waals surface area (Å²) in [5.74, 6) is -0.0771. The number of carbonyl (C=O) groups is 2. The standard InChI is InChI=1S/C27H34N2O6/c1-4-5-12-28(2)25(30)16-29-14-21(18-6-9-20(33-3)10-7-18)26(27(31)32)22(15-29)19-8-11-23-24(13-19)35-17-34-23/h6-11,13,21-22,26H,4-5,12,14-17H2,1-3H3,(H,31,32). The topological polar surface area (TPSA) is 88.5 Å². The van der Waals surface area contributed by atoms with E-state index in [4.69, 9.17) is 14.2 Å². The minimum atomic E-state index is -0.848. The Balaban J connectivity index is 1.66. The van der Waals surface area contributed by atoms with Crippen LogP contribution >= 0.6 is 0 Å². The third kappa shape index (κ3) is 5.53. The number of hydrogen-bond acceptors (Lipinski definition) is 6. The summed E-state index contributed by atoms with van der Waals surface area (Å²) in [5, 5.41) is 10.4. The van der Waals surface area contributed by atoms with Gasteiger partial charge in [0.05, 0.1) is 19.6 Å². The van der Waals surface area contributed by atoms with Crippen molar-refractivity contribution >= 4 is 11.9 Å². The van der Waals surface area contributed by atoms with Crippen LogP contribution in [0.1, 0.15) is 42.7 Å². The number of ether oxygens (including phenoxy) is 3. The molecule has 0 aliphatic carbocycles. The number of rotatable bonds is 9. The molecule has 1 amide bonds. The van der Waals surface area contributed by atoms with Gasteiger partial charge in [0.25, 0.3) is 0 Å². The van der Waals surface area contributed by atoms with Crippen molar-refractivity contribution in [2.24, 2.45) is 5.92 Å². The SMILES string of the molecule is CCCCN(C)C(=O)CN1CC(c2ccc(OC)cc2)C(C(=O)O)C(c2ccc3c(c2)OCO3)C1. The van der Waals surface area contributed by atoms with Gasteiger partial charge in [0.1, 0.15) is 5.75 Å². The highest BCUT2D eigenvalue weighted by atomic mass is 16.7. The second-order valence-electron chi connectivity index (χ2n) is 9.33. The van der Waals surface area contributed by atoms with Crippen LogP contribution in [0.15, 0.2) is 42.5 Å². The molecule has 0 saturated carbocycles. The van der Waals surface area contributed by atoms with Crippen LogP contribution in [0.3, 0.4) is 0 Å². The Morgan fingerprint density at radius 3 is 2.37 bits per heavy atom. The van der Waals surface area contributed by atoms with E-state index in [-0.39, 0.29) is 31.1 Å². The van der Waals surface area contributed by atoms with Crippen molar-refractivity contribution in [3.05, 3.63) is 53.6 Å². The molecule has 0 spiro atoms. The molecule has 0 bridgehead atoms. The van der Waals surface area contributed by atoms with E-state index in [1.54, 1.807) is 12.0 Å². The van der Waals surface area contributed by atoms with E-state index in [1.165, 1.54) is 0 Å². The molecule has 2 aromatic rings. The molecule has 35 heavy (non-hydrogen) atoms. The Labute approximate surface area is 206 Å². The molecule has 3 atom stereocenters. The van der Waals surface area contributed by atoms with E-state index in [0.29, 0.717) is 36.9 Å². The van der Waals surface area contributed by atoms with Gasteiger partial charge in [-0.1, -0.05) is 31.5 Å². The first-order chi connectivity index (χ1) is 16.9. The number of methoxy groups -OCH3 is 1. The maximum Gasteiger partial charge on any atom is 0.307 e. The minimum absolute atomic E-state index is 0.0464. The van der Waals surface area contributed by atoms with Crippen molar-refractivity contribution in [1.29, 1.82) is 0 Å². The number of carbonyl (C=O) groups excluding carboxylic acids is 1. The minimum Gasteiger partial charge on any atom is -0.497 e. The quantitative estimate of drug-likeness (QED) is 0.585. The number of amides is 1. The van der Waals surface area contributed by atoms with E-state index in [0.717, 1.165) is 24.0 Å². The van der Waals surface area contributed by atoms with Crippen molar-refractivity contribution in [3.63, 3.8) is 0 Å². The van der Waals surface area contributed by atoms with Gasteiger partial charge < -0.3 is 24.2 Å². The van der Waals surface area contributed by atoms with Gasteiger partial charge in [0.2, 0.25) is 12.7 Å². The normalized spacial score (nSPS) is 21.5. The summed E-state index contributed by atoms with van der Waals surface area (Å²) in [6.45, 7) is 4.18. The van der Waals surface area contributed by atoms with Gasteiger partial charge in [-0.15, -0.1) is 0 Å². The first-order valence-corrected chi connectivity index (χ1v) is 12.1. The maximum atomic E-state index is 13.0. The van der Waals surface area contributed by atoms with Crippen LogP contribution in [-0.2, 0) is 9.59 Å². The smallest absolute Gasteiger partial charge is 0.307 e. The highest BCUT2D eigenvalue weighted by Gasteiger charge is 2.43. The largest absolute Gasteiger partial charge is 0.497 e. The summed E-state index contributed by atoms with van der Waals surface area (Å²) in [6.07, 6.45) is 1.98. The summed E-state index contributed by atoms with van der Waals surface area (Å²) in [5.41, 5.74) is 1.79. The van der Waals surface area contributed by atoms with Crippen LogP contribution < -0.4 is 14.2 Å². The van der Waals surface area contributed by atoms with Crippen LogP contribution in [0.5, 0.6) is 17.2 Å². The number of hydrogen-bond donors (Lipinski definition) is 1. The van der Waals surface area contributed by atoms with E-state index in [2.05, 4.69) is 11.8 Å². The fourth-order valence-electron chi connectivity index (χ4n) is 5.06. The van der Waals surface area contributed by atoms with Crippen LogP contribution in [0, 0.1) is 5.92 Å². The van der Waals surface area contributed by atoms with E-state index in [1.807, 2.05) is 49.5 Å². The van der Waals surface area contributed by atoms with Gasteiger partial charge in [-0.2, -0.15) is 0 Å². The summed E-state index contributed by atoms with van der Waals surface area (Å²) >= 11 is 0. The van der Waals surface area contributed by atoms with Crippen LogP contribution in [-0.4, -0.2) is 73.9 Å². The molecule has 2 heterocycles. The fourth-order valence-corrected chi connectivity index (χ4v) is 5.06. The number of carboxylic acids is 1. The second-order valence-corrected chi connectivity index (χ2v) is 9.33. The third-order valence-electron chi connectivity index (χ3n) is 7.06. The number of benzene rings is 2. The lowest BCUT2D eigenvalue weighted by Crippen LogP contribution is -2.50. The zero-order valence-corrected chi connectivity index (χ0v) is 20.6. The molecule has 188 valence electrons. The molecule has 2 aliphatic heterocycles. The maximum absolute atomic E-state index is 13.0. The summed E-state index contributed by atoms with van der Waals surface area (Å²) in [4.78, 5) is 29.5. The lowest BCUT2D eigenvalue weighted by atomic mass is 9.71.